The van der Waals surface area contributed by atoms with Crippen LogP contribution in [0.1, 0.15) is 43.0 Å². The van der Waals surface area contributed by atoms with Crippen molar-refractivity contribution in [3.8, 4) is 5.75 Å². The molecular formula is C19H25ClN4O2. The van der Waals surface area contributed by atoms with E-state index in [9.17, 15) is 4.79 Å². The number of piperidine rings is 1. The number of ether oxygens (including phenoxy) is 1. The number of aryl methyl sites for hydroxylation is 2. The SMILES string of the molecule is Cc1cc(Cl)ccc1OCCCC(=O)N1CCC(c2nncn2C)CC1. The van der Waals surface area contributed by atoms with Crippen molar-refractivity contribution in [2.45, 2.75) is 38.5 Å². The second kappa shape index (κ2) is 8.54. The lowest BCUT2D eigenvalue weighted by atomic mass is 9.95. The number of carbonyl (C=O) groups is 1. The van der Waals surface area contributed by atoms with E-state index in [4.69, 9.17) is 16.3 Å². The van der Waals surface area contributed by atoms with Crippen LogP contribution in [0, 0.1) is 6.92 Å². The van der Waals surface area contributed by atoms with E-state index in [1.807, 2.05) is 41.6 Å². The molecule has 1 aliphatic heterocycles. The largest absolute Gasteiger partial charge is 0.493 e. The maximum Gasteiger partial charge on any atom is 0.222 e. The number of hydrogen-bond donors (Lipinski definition) is 0. The van der Waals surface area contributed by atoms with Gasteiger partial charge in [0.1, 0.15) is 17.9 Å². The summed E-state index contributed by atoms with van der Waals surface area (Å²) in [7, 11) is 1.97. The summed E-state index contributed by atoms with van der Waals surface area (Å²) in [5.74, 6) is 2.44. The minimum absolute atomic E-state index is 0.206. The van der Waals surface area contributed by atoms with Gasteiger partial charge in [0.25, 0.3) is 0 Å². The lowest BCUT2D eigenvalue weighted by Gasteiger charge is -2.31. The molecule has 0 N–H and O–H groups in total. The molecule has 2 aromatic rings. The van der Waals surface area contributed by atoms with Crippen molar-refractivity contribution in [1.29, 1.82) is 0 Å². The Morgan fingerprint density at radius 1 is 1.35 bits per heavy atom. The van der Waals surface area contributed by atoms with Gasteiger partial charge in [-0.25, -0.2) is 0 Å². The van der Waals surface area contributed by atoms with Crippen LogP contribution in [0.3, 0.4) is 0 Å². The molecule has 7 heteroatoms. The van der Waals surface area contributed by atoms with Crippen molar-refractivity contribution in [1.82, 2.24) is 19.7 Å². The first-order chi connectivity index (χ1) is 12.5. The lowest BCUT2D eigenvalue weighted by molar-refractivity contribution is -0.132. The van der Waals surface area contributed by atoms with Gasteiger partial charge in [0.2, 0.25) is 5.91 Å². The highest BCUT2D eigenvalue weighted by atomic mass is 35.5. The first kappa shape index (κ1) is 18.7. The zero-order chi connectivity index (χ0) is 18.5. The minimum atomic E-state index is 0.206. The normalized spacial score (nSPS) is 15.3. The molecular weight excluding hydrogens is 352 g/mol. The molecule has 140 valence electrons. The number of carbonyl (C=O) groups excluding carboxylic acids is 1. The number of halogens is 1. The van der Waals surface area contributed by atoms with Gasteiger partial charge in [-0.3, -0.25) is 4.79 Å². The fraction of sp³-hybridized carbons (Fsp3) is 0.526. The summed E-state index contributed by atoms with van der Waals surface area (Å²) in [5, 5.41) is 8.85. The van der Waals surface area contributed by atoms with Gasteiger partial charge < -0.3 is 14.2 Å². The Morgan fingerprint density at radius 2 is 2.12 bits per heavy atom. The summed E-state index contributed by atoms with van der Waals surface area (Å²) >= 11 is 5.94. The zero-order valence-electron chi connectivity index (χ0n) is 15.3. The lowest BCUT2D eigenvalue weighted by Crippen LogP contribution is -2.38. The van der Waals surface area contributed by atoms with Gasteiger partial charge in [0.15, 0.2) is 0 Å². The highest BCUT2D eigenvalue weighted by molar-refractivity contribution is 6.30. The van der Waals surface area contributed by atoms with Crippen molar-refractivity contribution in [2.75, 3.05) is 19.7 Å². The highest BCUT2D eigenvalue weighted by Crippen LogP contribution is 2.26. The van der Waals surface area contributed by atoms with Gasteiger partial charge in [-0.05, 0) is 49.9 Å². The second-order valence-electron chi connectivity index (χ2n) is 6.82. The molecule has 1 fully saturated rings. The fourth-order valence-electron chi connectivity index (χ4n) is 3.39. The molecule has 1 saturated heterocycles. The Labute approximate surface area is 159 Å². The average Bonchev–Trinajstić information content (AvgIpc) is 3.06. The molecule has 0 spiro atoms. The predicted molar refractivity (Wildman–Crippen MR) is 100 cm³/mol. The van der Waals surface area contributed by atoms with Gasteiger partial charge in [0.05, 0.1) is 6.61 Å². The summed E-state index contributed by atoms with van der Waals surface area (Å²) in [6.07, 6.45) is 4.85. The van der Waals surface area contributed by atoms with E-state index in [0.717, 1.165) is 43.1 Å². The van der Waals surface area contributed by atoms with E-state index >= 15 is 0 Å². The maximum atomic E-state index is 12.4. The van der Waals surface area contributed by atoms with Crippen LogP contribution in [0.4, 0.5) is 0 Å². The van der Waals surface area contributed by atoms with Crippen molar-refractivity contribution in [3.63, 3.8) is 0 Å². The Kier molecular flexibility index (Phi) is 6.14. The van der Waals surface area contributed by atoms with E-state index in [1.54, 1.807) is 6.33 Å². The van der Waals surface area contributed by atoms with E-state index in [-0.39, 0.29) is 5.91 Å². The summed E-state index contributed by atoms with van der Waals surface area (Å²) in [5.41, 5.74) is 1.01. The molecule has 1 aromatic heterocycles. The van der Waals surface area contributed by atoms with Crippen molar-refractivity contribution in [2.24, 2.45) is 7.05 Å². The van der Waals surface area contributed by atoms with E-state index < -0.39 is 0 Å². The van der Waals surface area contributed by atoms with Crippen LogP contribution < -0.4 is 4.74 Å². The smallest absolute Gasteiger partial charge is 0.222 e. The van der Waals surface area contributed by atoms with Crippen LogP contribution in [0.2, 0.25) is 5.02 Å². The van der Waals surface area contributed by atoms with Crippen LogP contribution in [0.5, 0.6) is 5.75 Å². The first-order valence-electron chi connectivity index (χ1n) is 9.05. The van der Waals surface area contributed by atoms with Gasteiger partial charge >= 0.3 is 0 Å². The predicted octanol–water partition coefficient (Wildman–Crippen LogP) is 3.34. The number of aromatic nitrogens is 3. The number of nitrogens with zero attached hydrogens (tertiary/aromatic N) is 4. The van der Waals surface area contributed by atoms with E-state index in [2.05, 4.69) is 10.2 Å². The number of likely N-dealkylation sites (tertiary alicyclic amines) is 1. The van der Waals surface area contributed by atoms with Crippen LogP contribution in [-0.2, 0) is 11.8 Å². The third-order valence-corrected chi connectivity index (χ3v) is 5.12. The topological polar surface area (TPSA) is 60.2 Å². The number of amides is 1. The monoisotopic (exact) mass is 376 g/mol. The second-order valence-corrected chi connectivity index (χ2v) is 7.25. The molecule has 1 aromatic carbocycles. The quantitative estimate of drug-likeness (QED) is 0.725. The Morgan fingerprint density at radius 3 is 2.77 bits per heavy atom. The van der Waals surface area contributed by atoms with E-state index in [1.165, 1.54) is 0 Å². The summed E-state index contributed by atoms with van der Waals surface area (Å²) in [6.45, 7) is 4.07. The summed E-state index contributed by atoms with van der Waals surface area (Å²) in [4.78, 5) is 14.4. The molecule has 0 atom stereocenters. The minimum Gasteiger partial charge on any atom is -0.493 e. The van der Waals surface area contributed by atoms with Crippen molar-refractivity contribution in [3.05, 3.63) is 40.9 Å². The number of rotatable bonds is 6. The molecule has 0 radical (unpaired) electrons. The molecule has 26 heavy (non-hydrogen) atoms. The maximum absolute atomic E-state index is 12.4. The first-order valence-corrected chi connectivity index (χ1v) is 9.43. The molecule has 0 aliphatic carbocycles. The molecule has 1 amide bonds. The highest BCUT2D eigenvalue weighted by Gasteiger charge is 2.26. The van der Waals surface area contributed by atoms with Crippen LogP contribution >= 0.6 is 11.6 Å². The molecule has 0 saturated carbocycles. The molecule has 1 aliphatic rings. The molecule has 6 nitrogen and oxygen atoms in total. The third-order valence-electron chi connectivity index (χ3n) is 4.89. The number of benzene rings is 1. The summed E-state index contributed by atoms with van der Waals surface area (Å²) in [6, 6.07) is 5.57. The molecule has 3 rings (SSSR count). The van der Waals surface area contributed by atoms with Gasteiger partial charge in [-0.1, -0.05) is 11.6 Å². The van der Waals surface area contributed by atoms with E-state index in [0.29, 0.717) is 30.4 Å². The fourth-order valence-corrected chi connectivity index (χ4v) is 3.61. The standard InChI is InChI=1S/C19H25ClN4O2/c1-14-12-16(20)5-6-17(14)26-11-3-4-18(25)24-9-7-15(8-10-24)19-22-21-13-23(19)2/h5-6,12-13,15H,3-4,7-11H2,1-2H3. The molecule has 0 bridgehead atoms. The van der Waals surface area contributed by atoms with Crippen LogP contribution in [-0.4, -0.2) is 45.3 Å². The van der Waals surface area contributed by atoms with Crippen molar-refractivity contribution < 1.29 is 9.53 Å². The van der Waals surface area contributed by atoms with Gasteiger partial charge in [0, 0.05) is 37.5 Å². The zero-order valence-corrected chi connectivity index (χ0v) is 16.1. The van der Waals surface area contributed by atoms with Gasteiger partial charge in [-0.15, -0.1) is 10.2 Å². The van der Waals surface area contributed by atoms with Crippen LogP contribution in [0.15, 0.2) is 24.5 Å². The molecule has 0 unspecified atom stereocenters. The third kappa shape index (κ3) is 4.55. The Bertz CT molecular complexity index is 754. The molecule has 2 heterocycles. The summed E-state index contributed by atoms with van der Waals surface area (Å²) < 4.78 is 7.73. The van der Waals surface area contributed by atoms with Gasteiger partial charge in [-0.2, -0.15) is 0 Å². The van der Waals surface area contributed by atoms with Crippen LogP contribution in [0.25, 0.3) is 0 Å². The van der Waals surface area contributed by atoms with Crippen molar-refractivity contribution >= 4 is 17.5 Å². The Balaban J connectivity index is 1.38. The Hall–Kier alpha value is -2.08. The average molecular weight is 377 g/mol. The number of hydrogen-bond acceptors (Lipinski definition) is 4.